The van der Waals surface area contributed by atoms with Gasteiger partial charge in [-0.15, -0.1) is 10.2 Å². The lowest BCUT2D eigenvalue weighted by Gasteiger charge is -2.20. The Morgan fingerprint density at radius 1 is 1.08 bits per heavy atom. The van der Waals surface area contributed by atoms with Crippen LogP contribution in [0, 0.1) is 13.8 Å². The average molecular weight is 367 g/mol. The fraction of sp³-hybridized carbons (Fsp3) is 0.250. The highest BCUT2D eigenvalue weighted by Gasteiger charge is 2.22. The monoisotopic (exact) mass is 367 g/mol. The molecule has 0 radical (unpaired) electrons. The number of para-hydroxylation sites is 1. The highest BCUT2D eigenvalue weighted by atomic mass is 32.2. The molecule has 0 aliphatic rings. The Balaban J connectivity index is 1.71. The van der Waals surface area contributed by atoms with E-state index in [4.69, 9.17) is 4.42 Å². The number of rotatable bonds is 5. The molecular formula is C20H21N3O2S. The fourth-order valence-electron chi connectivity index (χ4n) is 2.73. The van der Waals surface area contributed by atoms with Gasteiger partial charge in [-0.3, -0.25) is 4.79 Å². The number of benzene rings is 2. The van der Waals surface area contributed by atoms with Crippen molar-refractivity contribution in [2.24, 2.45) is 0 Å². The molecule has 0 saturated carbocycles. The zero-order valence-corrected chi connectivity index (χ0v) is 16.1. The first-order chi connectivity index (χ1) is 12.4. The van der Waals surface area contributed by atoms with Gasteiger partial charge in [-0.25, -0.2) is 0 Å². The Morgan fingerprint density at radius 3 is 2.38 bits per heavy atom. The van der Waals surface area contributed by atoms with E-state index >= 15 is 0 Å². The SMILES string of the molecule is Cc1cc(C)cc(-c2nnc(S[C@@H](C)C(=O)N(C)c3ccccc3)o2)c1. The first-order valence-corrected chi connectivity index (χ1v) is 9.23. The highest BCUT2D eigenvalue weighted by Crippen LogP contribution is 2.28. The zero-order valence-electron chi connectivity index (χ0n) is 15.3. The molecule has 0 aliphatic heterocycles. The van der Waals surface area contributed by atoms with Crippen molar-refractivity contribution in [1.29, 1.82) is 0 Å². The zero-order chi connectivity index (χ0) is 18.7. The topological polar surface area (TPSA) is 59.2 Å². The van der Waals surface area contributed by atoms with E-state index in [2.05, 4.69) is 16.3 Å². The molecule has 0 unspecified atom stereocenters. The van der Waals surface area contributed by atoms with Gasteiger partial charge in [0, 0.05) is 18.3 Å². The number of carbonyl (C=O) groups is 1. The van der Waals surface area contributed by atoms with Crippen molar-refractivity contribution >= 4 is 23.4 Å². The molecule has 1 heterocycles. The minimum atomic E-state index is -0.340. The molecule has 0 spiro atoms. The lowest BCUT2D eigenvalue weighted by Crippen LogP contribution is -2.33. The number of hydrogen-bond donors (Lipinski definition) is 0. The van der Waals surface area contributed by atoms with Gasteiger partial charge in [-0.05, 0) is 45.0 Å². The molecule has 26 heavy (non-hydrogen) atoms. The van der Waals surface area contributed by atoms with Crippen LogP contribution < -0.4 is 4.90 Å². The fourth-order valence-corrected chi connectivity index (χ4v) is 3.50. The first kappa shape index (κ1) is 18.2. The van der Waals surface area contributed by atoms with E-state index in [0.29, 0.717) is 11.1 Å². The summed E-state index contributed by atoms with van der Waals surface area (Å²) in [4.78, 5) is 14.3. The molecule has 5 nitrogen and oxygen atoms in total. The third-order valence-corrected chi connectivity index (χ3v) is 4.90. The molecule has 6 heteroatoms. The quantitative estimate of drug-likeness (QED) is 0.622. The van der Waals surface area contributed by atoms with Crippen LogP contribution in [-0.2, 0) is 4.79 Å². The summed E-state index contributed by atoms with van der Waals surface area (Å²) in [6.07, 6.45) is 0. The van der Waals surface area contributed by atoms with Crippen molar-refractivity contribution in [3.05, 3.63) is 59.7 Å². The predicted octanol–water partition coefficient (Wildman–Crippen LogP) is 4.50. The molecule has 1 atom stereocenters. The molecule has 0 N–H and O–H groups in total. The first-order valence-electron chi connectivity index (χ1n) is 8.35. The third kappa shape index (κ3) is 4.14. The molecule has 1 amide bonds. The van der Waals surface area contributed by atoms with Crippen LogP contribution >= 0.6 is 11.8 Å². The summed E-state index contributed by atoms with van der Waals surface area (Å²) < 4.78 is 5.76. The van der Waals surface area contributed by atoms with Crippen LogP contribution in [0.5, 0.6) is 0 Å². The Hall–Kier alpha value is -2.60. The number of thioether (sulfide) groups is 1. The van der Waals surface area contributed by atoms with E-state index in [1.54, 1.807) is 11.9 Å². The summed E-state index contributed by atoms with van der Waals surface area (Å²) in [5, 5.41) is 8.25. The van der Waals surface area contributed by atoms with Crippen LogP contribution in [0.1, 0.15) is 18.1 Å². The maximum atomic E-state index is 12.6. The van der Waals surface area contributed by atoms with Gasteiger partial charge >= 0.3 is 0 Å². The smallest absolute Gasteiger partial charge is 0.277 e. The lowest BCUT2D eigenvalue weighted by molar-refractivity contribution is -0.117. The number of aryl methyl sites for hydroxylation is 2. The minimum Gasteiger partial charge on any atom is -0.411 e. The molecule has 3 aromatic rings. The van der Waals surface area contributed by atoms with Gasteiger partial charge in [0.2, 0.25) is 11.8 Å². The summed E-state index contributed by atoms with van der Waals surface area (Å²) >= 11 is 1.27. The van der Waals surface area contributed by atoms with Crippen LogP contribution in [0.25, 0.3) is 11.5 Å². The lowest BCUT2D eigenvalue weighted by atomic mass is 10.1. The van der Waals surface area contributed by atoms with E-state index < -0.39 is 0 Å². The maximum Gasteiger partial charge on any atom is 0.277 e. The number of amides is 1. The van der Waals surface area contributed by atoms with Crippen molar-refractivity contribution in [3.63, 3.8) is 0 Å². The van der Waals surface area contributed by atoms with Crippen LogP contribution in [0.4, 0.5) is 5.69 Å². The summed E-state index contributed by atoms with van der Waals surface area (Å²) in [5.74, 6) is 0.447. The molecule has 2 aromatic carbocycles. The van der Waals surface area contributed by atoms with Gasteiger partial charge in [0.15, 0.2) is 0 Å². The number of nitrogens with zero attached hydrogens (tertiary/aromatic N) is 3. The van der Waals surface area contributed by atoms with Crippen LogP contribution in [-0.4, -0.2) is 28.4 Å². The van der Waals surface area contributed by atoms with Crippen LogP contribution in [0.3, 0.4) is 0 Å². The molecule has 0 aliphatic carbocycles. The third-order valence-electron chi connectivity index (χ3n) is 3.97. The highest BCUT2D eigenvalue weighted by molar-refractivity contribution is 8.00. The van der Waals surface area contributed by atoms with Crippen molar-refractivity contribution in [1.82, 2.24) is 10.2 Å². The van der Waals surface area contributed by atoms with E-state index in [9.17, 15) is 4.79 Å². The van der Waals surface area contributed by atoms with E-state index in [0.717, 1.165) is 22.4 Å². The largest absolute Gasteiger partial charge is 0.411 e. The Kier molecular flexibility index (Phi) is 5.42. The van der Waals surface area contributed by atoms with E-state index in [1.165, 1.54) is 11.8 Å². The standard InChI is InChI=1S/C20H21N3O2S/c1-13-10-14(2)12-16(11-13)18-21-22-20(25-18)26-15(3)19(24)23(4)17-8-6-5-7-9-17/h5-12,15H,1-4H3/t15-/m0/s1. The average Bonchev–Trinajstić information content (AvgIpc) is 3.09. The Bertz CT molecular complexity index is 888. The Labute approximate surface area is 157 Å². The molecule has 0 saturated heterocycles. The van der Waals surface area contributed by atoms with Gasteiger partial charge in [0.05, 0.1) is 5.25 Å². The second-order valence-electron chi connectivity index (χ2n) is 6.24. The normalized spacial score (nSPS) is 12.0. The molecule has 3 rings (SSSR count). The predicted molar refractivity (Wildman–Crippen MR) is 104 cm³/mol. The van der Waals surface area contributed by atoms with Crippen molar-refractivity contribution in [2.45, 2.75) is 31.2 Å². The second-order valence-corrected chi connectivity index (χ2v) is 7.53. The Morgan fingerprint density at radius 2 is 1.73 bits per heavy atom. The second kappa shape index (κ2) is 7.74. The van der Waals surface area contributed by atoms with Crippen LogP contribution in [0.2, 0.25) is 0 Å². The molecule has 134 valence electrons. The van der Waals surface area contributed by atoms with Gasteiger partial charge in [-0.1, -0.05) is 47.2 Å². The van der Waals surface area contributed by atoms with Crippen molar-refractivity contribution in [2.75, 3.05) is 11.9 Å². The van der Waals surface area contributed by atoms with Gasteiger partial charge in [0.25, 0.3) is 5.22 Å². The summed E-state index contributed by atoms with van der Waals surface area (Å²) in [7, 11) is 1.77. The minimum absolute atomic E-state index is 0.0210. The molecule has 0 fully saturated rings. The van der Waals surface area contributed by atoms with E-state index in [-0.39, 0.29) is 11.2 Å². The van der Waals surface area contributed by atoms with E-state index in [1.807, 2.05) is 63.2 Å². The van der Waals surface area contributed by atoms with Gasteiger partial charge < -0.3 is 9.32 Å². The van der Waals surface area contributed by atoms with Gasteiger partial charge in [0.1, 0.15) is 0 Å². The number of hydrogen-bond acceptors (Lipinski definition) is 5. The maximum absolute atomic E-state index is 12.6. The number of carbonyl (C=O) groups excluding carboxylic acids is 1. The van der Waals surface area contributed by atoms with Crippen molar-refractivity contribution in [3.8, 4) is 11.5 Å². The van der Waals surface area contributed by atoms with Gasteiger partial charge in [-0.2, -0.15) is 0 Å². The number of aromatic nitrogens is 2. The van der Waals surface area contributed by atoms with Crippen molar-refractivity contribution < 1.29 is 9.21 Å². The molecule has 1 aromatic heterocycles. The van der Waals surface area contributed by atoms with Crippen LogP contribution in [0.15, 0.2) is 58.2 Å². The molecule has 0 bridgehead atoms. The summed E-state index contributed by atoms with van der Waals surface area (Å²) in [6.45, 7) is 5.90. The molecular weight excluding hydrogens is 346 g/mol. The summed E-state index contributed by atoms with van der Waals surface area (Å²) in [6, 6.07) is 15.7. The summed E-state index contributed by atoms with van der Waals surface area (Å²) in [5.41, 5.74) is 4.02. The number of anilines is 1.